The zero-order valence-corrected chi connectivity index (χ0v) is 9.23. The second-order valence-electron chi connectivity index (χ2n) is 4.03. The van der Waals surface area contributed by atoms with E-state index in [9.17, 15) is 4.79 Å². The van der Waals surface area contributed by atoms with Crippen LogP contribution in [0, 0.1) is 6.92 Å². The Morgan fingerprint density at radius 1 is 1.33 bits per heavy atom. The van der Waals surface area contributed by atoms with Gasteiger partial charge in [0.05, 0.1) is 17.9 Å². The Bertz CT molecular complexity index is 376. The molecule has 0 aliphatic carbocycles. The lowest BCUT2D eigenvalue weighted by Crippen LogP contribution is -2.40. The minimum absolute atomic E-state index is 0.490. The van der Waals surface area contributed by atoms with Crippen molar-refractivity contribution in [2.24, 2.45) is 0 Å². The molecule has 3 nitrogen and oxygen atoms in total. The van der Waals surface area contributed by atoms with E-state index in [0.29, 0.717) is 6.54 Å². The smallest absolute Gasteiger partial charge is 0.139 e. The summed E-state index contributed by atoms with van der Waals surface area (Å²) >= 11 is 0. The summed E-state index contributed by atoms with van der Waals surface area (Å²) in [6.45, 7) is 4.48. The third-order valence-corrected chi connectivity index (χ3v) is 2.88. The first kappa shape index (κ1) is 10.0. The Labute approximate surface area is 90.3 Å². The van der Waals surface area contributed by atoms with Crippen LogP contribution in [0.2, 0.25) is 0 Å². The maximum absolute atomic E-state index is 10.6. The summed E-state index contributed by atoms with van der Waals surface area (Å²) in [6.07, 6.45) is 0.967. The van der Waals surface area contributed by atoms with E-state index in [1.807, 2.05) is 0 Å². The van der Waals surface area contributed by atoms with Gasteiger partial charge in [-0.15, -0.1) is 0 Å². The van der Waals surface area contributed by atoms with E-state index in [-0.39, 0.29) is 0 Å². The molecule has 1 heterocycles. The van der Waals surface area contributed by atoms with E-state index in [2.05, 4.69) is 42.0 Å². The van der Waals surface area contributed by atoms with E-state index in [0.717, 1.165) is 19.4 Å². The van der Waals surface area contributed by atoms with Crippen molar-refractivity contribution < 1.29 is 4.79 Å². The molecule has 0 aromatic heterocycles. The van der Waals surface area contributed by atoms with Crippen LogP contribution in [0.4, 0.5) is 11.4 Å². The van der Waals surface area contributed by atoms with E-state index in [1.165, 1.54) is 16.9 Å². The van der Waals surface area contributed by atoms with Crippen molar-refractivity contribution in [3.8, 4) is 0 Å². The first-order valence-electron chi connectivity index (χ1n) is 5.23. The number of aldehydes is 1. The number of aryl methyl sites for hydroxylation is 1. The first-order chi connectivity index (χ1) is 7.22. The molecule has 0 fully saturated rings. The SMILES string of the molecule is Cc1ccc2c(c1)N(C)CCN2CC=O. The van der Waals surface area contributed by atoms with Gasteiger partial charge in [-0.2, -0.15) is 0 Å². The van der Waals surface area contributed by atoms with Crippen molar-refractivity contribution in [2.75, 3.05) is 36.5 Å². The van der Waals surface area contributed by atoms with Crippen molar-refractivity contribution in [1.82, 2.24) is 0 Å². The molecule has 0 unspecified atom stereocenters. The number of hydrogen-bond donors (Lipinski definition) is 0. The van der Waals surface area contributed by atoms with Gasteiger partial charge < -0.3 is 14.6 Å². The van der Waals surface area contributed by atoms with Crippen LogP contribution in [0.25, 0.3) is 0 Å². The highest BCUT2D eigenvalue weighted by atomic mass is 16.1. The Morgan fingerprint density at radius 3 is 2.87 bits per heavy atom. The number of fused-ring (bicyclic) bond motifs is 1. The van der Waals surface area contributed by atoms with E-state index in [1.54, 1.807) is 0 Å². The minimum Gasteiger partial charge on any atom is -0.371 e. The quantitative estimate of drug-likeness (QED) is 0.681. The highest BCUT2D eigenvalue weighted by Gasteiger charge is 2.19. The molecule has 80 valence electrons. The number of carbonyl (C=O) groups excluding carboxylic acids is 1. The standard InChI is InChI=1S/C12H16N2O/c1-10-3-4-11-12(9-10)13(2)5-6-14(11)7-8-15/h3-4,8-9H,5-7H2,1-2H3. The third-order valence-electron chi connectivity index (χ3n) is 2.88. The Morgan fingerprint density at radius 2 is 2.13 bits per heavy atom. The summed E-state index contributed by atoms with van der Waals surface area (Å²) in [6, 6.07) is 6.37. The zero-order valence-electron chi connectivity index (χ0n) is 9.23. The van der Waals surface area contributed by atoms with Gasteiger partial charge in [0.15, 0.2) is 0 Å². The number of benzene rings is 1. The van der Waals surface area contributed by atoms with Gasteiger partial charge in [0.2, 0.25) is 0 Å². The van der Waals surface area contributed by atoms with Crippen molar-refractivity contribution in [3.63, 3.8) is 0 Å². The molecule has 0 saturated carbocycles. The predicted molar refractivity (Wildman–Crippen MR) is 62.7 cm³/mol. The fourth-order valence-corrected chi connectivity index (χ4v) is 2.00. The Kier molecular flexibility index (Phi) is 2.62. The summed E-state index contributed by atoms with van der Waals surface area (Å²) in [5.41, 5.74) is 3.65. The van der Waals surface area contributed by atoms with Gasteiger partial charge >= 0.3 is 0 Å². The van der Waals surface area contributed by atoms with Gasteiger partial charge in [0.1, 0.15) is 6.29 Å². The van der Waals surface area contributed by atoms with Crippen LogP contribution in [0.3, 0.4) is 0 Å². The van der Waals surface area contributed by atoms with Gasteiger partial charge in [-0.25, -0.2) is 0 Å². The van der Waals surface area contributed by atoms with Crippen LogP contribution < -0.4 is 9.80 Å². The summed E-state index contributed by atoms with van der Waals surface area (Å²) in [5, 5.41) is 0. The number of likely N-dealkylation sites (N-methyl/N-ethyl adjacent to an activating group) is 1. The molecule has 1 aliphatic heterocycles. The van der Waals surface area contributed by atoms with Crippen LogP contribution in [0.5, 0.6) is 0 Å². The maximum Gasteiger partial charge on any atom is 0.139 e. The number of rotatable bonds is 2. The molecule has 0 spiro atoms. The number of hydrogen-bond acceptors (Lipinski definition) is 3. The average Bonchev–Trinajstić information content (AvgIpc) is 2.23. The molecule has 1 aromatic carbocycles. The number of carbonyl (C=O) groups is 1. The highest BCUT2D eigenvalue weighted by molar-refractivity contribution is 5.76. The van der Waals surface area contributed by atoms with E-state index in [4.69, 9.17) is 0 Å². The molecule has 2 rings (SSSR count). The summed E-state index contributed by atoms with van der Waals surface area (Å²) < 4.78 is 0. The lowest BCUT2D eigenvalue weighted by molar-refractivity contribution is -0.106. The van der Waals surface area contributed by atoms with Gasteiger partial charge in [-0.3, -0.25) is 0 Å². The molecule has 0 N–H and O–H groups in total. The van der Waals surface area contributed by atoms with Gasteiger partial charge in [0.25, 0.3) is 0 Å². The number of nitrogens with zero attached hydrogens (tertiary/aromatic N) is 2. The van der Waals surface area contributed by atoms with Crippen LogP contribution in [0.1, 0.15) is 5.56 Å². The van der Waals surface area contributed by atoms with Crippen molar-refractivity contribution in [3.05, 3.63) is 23.8 Å². The second kappa shape index (κ2) is 3.93. The second-order valence-corrected chi connectivity index (χ2v) is 4.03. The lowest BCUT2D eigenvalue weighted by atomic mass is 10.1. The van der Waals surface area contributed by atoms with Crippen molar-refractivity contribution in [1.29, 1.82) is 0 Å². The van der Waals surface area contributed by atoms with Crippen LogP contribution in [0.15, 0.2) is 18.2 Å². The van der Waals surface area contributed by atoms with Gasteiger partial charge in [0, 0.05) is 20.1 Å². The predicted octanol–water partition coefficient (Wildman–Crippen LogP) is 1.45. The van der Waals surface area contributed by atoms with Crippen molar-refractivity contribution in [2.45, 2.75) is 6.92 Å². The van der Waals surface area contributed by atoms with Crippen LogP contribution in [-0.4, -0.2) is 33.0 Å². The van der Waals surface area contributed by atoms with Gasteiger partial charge in [-0.1, -0.05) is 6.07 Å². The fraction of sp³-hybridized carbons (Fsp3) is 0.417. The Balaban J connectivity index is 2.40. The monoisotopic (exact) mass is 204 g/mol. The Hall–Kier alpha value is -1.51. The molecule has 1 aromatic rings. The molecule has 0 amide bonds. The highest BCUT2D eigenvalue weighted by Crippen LogP contribution is 2.32. The maximum atomic E-state index is 10.6. The average molecular weight is 204 g/mol. The lowest BCUT2D eigenvalue weighted by Gasteiger charge is -2.36. The molecule has 1 aliphatic rings. The van der Waals surface area contributed by atoms with E-state index >= 15 is 0 Å². The molecule has 0 bridgehead atoms. The first-order valence-corrected chi connectivity index (χ1v) is 5.23. The molecule has 3 heteroatoms. The molecule has 0 saturated heterocycles. The number of anilines is 2. The summed E-state index contributed by atoms with van der Waals surface area (Å²) in [5.74, 6) is 0. The van der Waals surface area contributed by atoms with E-state index < -0.39 is 0 Å². The minimum atomic E-state index is 0.490. The molecular weight excluding hydrogens is 188 g/mol. The molecule has 0 radical (unpaired) electrons. The molecular formula is C12H16N2O. The summed E-state index contributed by atoms with van der Waals surface area (Å²) in [7, 11) is 2.09. The van der Waals surface area contributed by atoms with Crippen LogP contribution >= 0.6 is 0 Å². The van der Waals surface area contributed by atoms with Crippen LogP contribution in [-0.2, 0) is 4.79 Å². The fourth-order valence-electron chi connectivity index (χ4n) is 2.00. The topological polar surface area (TPSA) is 23.6 Å². The van der Waals surface area contributed by atoms with Crippen molar-refractivity contribution >= 4 is 17.7 Å². The molecule has 0 atom stereocenters. The summed E-state index contributed by atoms with van der Waals surface area (Å²) in [4.78, 5) is 14.9. The third kappa shape index (κ3) is 1.82. The zero-order chi connectivity index (χ0) is 10.8. The largest absolute Gasteiger partial charge is 0.371 e. The van der Waals surface area contributed by atoms with Gasteiger partial charge in [-0.05, 0) is 24.6 Å². The molecule has 15 heavy (non-hydrogen) atoms. The normalized spacial score (nSPS) is 15.1.